The summed E-state index contributed by atoms with van der Waals surface area (Å²) >= 11 is 0. The number of piperidine rings is 1. The first kappa shape index (κ1) is 25.4. The van der Waals surface area contributed by atoms with Crippen molar-refractivity contribution in [1.29, 1.82) is 0 Å². The highest BCUT2D eigenvalue weighted by molar-refractivity contribution is 5.73. The smallest absolute Gasteiger partial charge is 0.219 e. The van der Waals surface area contributed by atoms with Gasteiger partial charge in [-0.05, 0) is 48.9 Å². The molecule has 0 bridgehead atoms. The zero-order valence-electron chi connectivity index (χ0n) is 21.8. The van der Waals surface area contributed by atoms with Crippen LogP contribution in [0, 0.1) is 23.2 Å². The number of carbonyl (C=O) groups excluding carboxylic acids is 1. The minimum atomic E-state index is -1.15. The van der Waals surface area contributed by atoms with Crippen molar-refractivity contribution in [3.05, 3.63) is 65.0 Å². The molecule has 2 saturated heterocycles. The van der Waals surface area contributed by atoms with Crippen LogP contribution < -0.4 is 0 Å². The van der Waals surface area contributed by atoms with E-state index in [1.54, 1.807) is 19.3 Å². The van der Waals surface area contributed by atoms with E-state index in [0.717, 1.165) is 62.1 Å². The molecule has 2 aliphatic rings. The molecule has 0 radical (unpaired) electrons. The minimum absolute atomic E-state index is 0.162. The summed E-state index contributed by atoms with van der Waals surface area (Å²) in [6, 6.07) is 10.4. The number of hydrogen-bond acceptors (Lipinski definition) is 4. The van der Waals surface area contributed by atoms with Crippen molar-refractivity contribution < 1.29 is 9.90 Å². The third-order valence-electron chi connectivity index (χ3n) is 7.95. The highest BCUT2D eigenvalue weighted by Gasteiger charge is 2.55. The quantitative estimate of drug-likeness (QED) is 0.655. The van der Waals surface area contributed by atoms with Gasteiger partial charge in [-0.25, -0.2) is 0 Å². The van der Waals surface area contributed by atoms with Gasteiger partial charge in [0.25, 0.3) is 0 Å². The van der Waals surface area contributed by atoms with Gasteiger partial charge in [0, 0.05) is 68.5 Å². The Labute approximate surface area is 210 Å². The zero-order valence-corrected chi connectivity index (χ0v) is 21.8. The van der Waals surface area contributed by atoms with Crippen molar-refractivity contribution in [2.45, 2.75) is 58.5 Å². The Morgan fingerprint density at radius 2 is 1.83 bits per heavy atom. The molecule has 186 valence electrons. The molecular formula is C30H39N3O2. The first-order chi connectivity index (χ1) is 16.6. The number of benzene rings is 1. The monoisotopic (exact) mass is 473 g/mol. The molecule has 2 aliphatic heterocycles. The van der Waals surface area contributed by atoms with Crippen LogP contribution in [0.5, 0.6) is 0 Å². The highest BCUT2D eigenvalue weighted by Crippen LogP contribution is 2.50. The maximum absolute atomic E-state index is 12.4. The van der Waals surface area contributed by atoms with E-state index in [9.17, 15) is 9.90 Å². The van der Waals surface area contributed by atoms with Crippen molar-refractivity contribution >= 4 is 5.91 Å². The van der Waals surface area contributed by atoms with Gasteiger partial charge in [-0.2, -0.15) is 0 Å². The molecule has 1 atom stereocenters. The van der Waals surface area contributed by atoms with Crippen molar-refractivity contribution in [3.63, 3.8) is 0 Å². The second kappa shape index (κ2) is 10.1. The predicted octanol–water partition coefficient (Wildman–Crippen LogP) is 4.39. The first-order valence-electron chi connectivity index (χ1n) is 12.8. The van der Waals surface area contributed by atoms with Gasteiger partial charge in [0.15, 0.2) is 0 Å². The van der Waals surface area contributed by atoms with Crippen LogP contribution in [-0.4, -0.2) is 59.0 Å². The average Bonchev–Trinajstić information content (AvgIpc) is 2.83. The Morgan fingerprint density at radius 3 is 2.40 bits per heavy atom. The number of aromatic nitrogens is 1. The number of likely N-dealkylation sites (tertiary alicyclic amines) is 2. The molecule has 0 spiro atoms. The molecule has 1 aromatic heterocycles. The number of pyridine rings is 1. The molecule has 1 aromatic carbocycles. The van der Waals surface area contributed by atoms with Crippen molar-refractivity contribution in [2.24, 2.45) is 11.3 Å². The molecule has 5 heteroatoms. The fourth-order valence-corrected chi connectivity index (χ4v) is 5.80. The van der Waals surface area contributed by atoms with Crippen molar-refractivity contribution in [2.75, 3.05) is 33.2 Å². The summed E-state index contributed by atoms with van der Waals surface area (Å²) in [5.74, 6) is 7.77. The topological polar surface area (TPSA) is 56.7 Å². The van der Waals surface area contributed by atoms with Gasteiger partial charge in [0.05, 0.1) is 0 Å². The second-order valence-corrected chi connectivity index (χ2v) is 11.1. The van der Waals surface area contributed by atoms with Gasteiger partial charge >= 0.3 is 0 Å². The summed E-state index contributed by atoms with van der Waals surface area (Å²) in [7, 11) is 2.09. The fraction of sp³-hybridized carbons (Fsp3) is 0.533. The maximum Gasteiger partial charge on any atom is 0.219 e. The Balaban J connectivity index is 1.57. The summed E-state index contributed by atoms with van der Waals surface area (Å²) in [6.45, 7) is 11.4. The number of carbonyl (C=O) groups is 1. The molecule has 5 nitrogen and oxygen atoms in total. The molecule has 2 aromatic rings. The summed E-state index contributed by atoms with van der Waals surface area (Å²) in [6.07, 6.45) is 6.41. The van der Waals surface area contributed by atoms with Crippen LogP contribution in [0.2, 0.25) is 0 Å². The Hall–Kier alpha value is -2.68. The average molecular weight is 474 g/mol. The zero-order chi connectivity index (χ0) is 25.2. The molecular weight excluding hydrogens is 434 g/mol. The first-order valence-corrected chi connectivity index (χ1v) is 12.8. The van der Waals surface area contributed by atoms with Crippen molar-refractivity contribution in [1.82, 2.24) is 14.8 Å². The Kier molecular flexibility index (Phi) is 7.35. The van der Waals surface area contributed by atoms with Crippen LogP contribution in [-0.2, 0) is 10.4 Å². The molecule has 3 heterocycles. The largest absolute Gasteiger partial charge is 0.380 e. The normalized spacial score (nSPS) is 20.0. The Bertz CT molecular complexity index is 1100. The number of nitrogens with zero attached hydrogens (tertiary/aromatic N) is 3. The van der Waals surface area contributed by atoms with Crippen LogP contribution in [0.3, 0.4) is 0 Å². The minimum Gasteiger partial charge on any atom is -0.380 e. The number of amides is 1. The van der Waals surface area contributed by atoms with E-state index in [1.807, 2.05) is 11.0 Å². The molecule has 0 unspecified atom stereocenters. The number of hydrogen-bond donors (Lipinski definition) is 1. The lowest BCUT2D eigenvalue weighted by atomic mass is 9.62. The van der Waals surface area contributed by atoms with E-state index in [0.29, 0.717) is 11.8 Å². The number of rotatable bonds is 5. The Morgan fingerprint density at radius 1 is 1.17 bits per heavy atom. The summed E-state index contributed by atoms with van der Waals surface area (Å²) in [5.41, 5.74) is 2.32. The van der Waals surface area contributed by atoms with Crippen molar-refractivity contribution in [3.8, 4) is 11.8 Å². The van der Waals surface area contributed by atoms with Crippen LogP contribution in [0.15, 0.2) is 42.7 Å². The van der Waals surface area contributed by atoms with Gasteiger partial charge < -0.3 is 14.9 Å². The molecule has 0 aliphatic carbocycles. The molecule has 35 heavy (non-hydrogen) atoms. The number of aliphatic hydroxyl groups is 1. The SMILES string of the molecule is CC(=O)N1CCC(CC#Cc2cncc([C@@](O)(c3ccc(C(C)C)cc3)C3(C)CN(C)C3)c2)CC1. The lowest BCUT2D eigenvalue weighted by molar-refractivity contribution is -0.130. The summed E-state index contributed by atoms with van der Waals surface area (Å²) < 4.78 is 0. The van der Waals surface area contributed by atoms with E-state index >= 15 is 0 Å². The van der Waals surface area contributed by atoms with E-state index in [1.165, 1.54) is 5.56 Å². The molecule has 2 fully saturated rings. The van der Waals surface area contributed by atoms with Crippen LogP contribution in [0.25, 0.3) is 0 Å². The molecule has 4 rings (SSSR count). The van der Waals surface area contributed by atoms with E-state index in [4.69, 9.17) is 0 Å². The lowest BCUT2D eigenvalue weighted by Gasteiger charge is -2.55. The molecule has 1 amide bonds. The molecule has 0 saturated carbocycles. The van der Waals surface area contributed by atoms with Gasteiger partial charge in [-0.3, -0.25) is 9.78 Å². The standard InChI is InChI=1S/C30H39N3O2/c1-22(2)26-9-11-27(12-10-26)30(35,29(4)20-32(5)21-29)28-17-25(18-31-19-28)8-6-7-24-13-15-33(16-14-24)23(3)34/h9-12,17-19,22,24,35H,7,13-16,20-21H2,1-5H3/t30-/m0/s1. The van der Waals surface area contributed by atoms with Crippen LogP contribution in [0.1, 0.15) is 75.1 Å². The second-order valence-electron chi connectivity index (χ2n) is 11.1. The highest BCUT2D eigenvalue weighted by atomic mass is 16.3. The van der Waals surface area contributed by atoms with E-state index < -0.39 is 5.60 Å². The van der Waals surface area contributed by atoms with Gasteiger partial charge in [0.1, 0.15) is 5.60 Å². The van der Waals surface area contributed by atoms with E-state index in [-0.39, 0.29) is 11.3 Å². The summed E-state index contributed by atoms with van der Waals surface area (Å²) in [4.78, 5) is 20.2. The maximum atomic E-state index is 12.4. The molecule has 1 N–H and O–H groups in total. The lowest BCUT2D eigenvalue weighted by Crippen LogP contribution is -2.63. The fourth-order valence-electron chi connectivity index (χ4n) is 5.80. The van der Waals surface area contributed by atoms with Gasteiger partial charge in [0.2, 0.25) is 5.91 Å². The van der Waals surface area contributed by atoms with Gasteiger partial charge in [-0.15, -0.1) is 0 Å². The third-order valence-corrected chi connectivity index (χ3v) is 7.95. The van der Waals surface area contributed by atoms with Crippen LogP contribution >= 0.6 is 0 Å². The predicted molar refractivity (Wildman–Crippen MR) is 140 cm³/mol. The van der Waals surface area contributed by atoms with E-state index in [2.05, 4.69) is 73.8 Å². The van der Waals surface area contributed by atoms with Crippen LogP contribution in [0.4, 0.5) is 0 Å². The third kappa shape index (κ3) is 5.15. The summed E-state index contributed by atoms with van der Waals surface area (Å²) in [5, 5.41) is 12.4. The van der Waals surface area contributed by atoms with Gasteiger partial charge in [-0.1, -0.05) is 56.9 Å².